The van der Waals surface area contributed by atoms with E-state index in [4.69, 9.17) is 11.6 Å². The van der Waals surface area contributed by atoms with Crippen LogP contribution in [0.1, 0.15) is 6.42 Å². The smallest absolute Gasteiger partial charge is 0.407 e. The van der Waals surface area contributed by atoms with Crippen LogP contribution in [0.3, 0.4) is 0 Å². The minimum atomic E-state index is -0.405. The predicted molar refractivity (Wildman–Crippen MR) is 63.2 cm³/mol. The van der Waals surface area contributed by atoms with Crippen LogP contribution in [0.25, 0.3) is 0 Å². The molecule has 1 N–H and O–H groups in total. The second kappa shape index (κ2) is 5.18. The van der Waals surface area contributed by atoms with Gasteiger partial charge in [-0.1, -0.05) is 0 Å². The summed E-state index contributed by atoms with van der Waals surface area (Å²) in [5.74, 6) is 0.777. The standard InChI is InChI=1S/C10H13ClN4O2/c1-17-10(16)13-7-3-5-15(6-7)8-2-4-12-9(11)14-8/h2,4,7H,3,5-6H2,1H3,(H,13,16). The monoisotopic (exact) mass is 256 g/mol. The number of amides is 1. The van der Waals surface area contributed by atoms with Gasteiger partial charge < -0.3 is 15.0 Å². The van der Waals surface area contributed by atoms with Crippen LogP contribution in [0.5, 0.6) is 0 Å². The van der Waals surface area contributed by atoms with Crippen LogP contribution in [0, 0.1) is 0 Å². The first kappa shape index (κ1) is 11.9. The summed E-state index contributed by atoms with van der Waals surface area (Å²) in [5.41, 5.74) is 0. The predicted octanol–water partition coefficient (Wildman–Crippen LogP) is 1.06. The third-order valence-electron chi connectivity index (χ3n) is 2.63. The fraction of sp³-hybridized carbons (Fsp3) is 0.500. The molecular weight excluding hydrogens is 244 g/mol. The van der Waals surface area contributed by atoms with E-state index in [1.807, 2.05) is 4.90 Å². The highest BCUT2D eigenvalue weighted by Gasteiger charge is 2.25. The average Bonchev–Trinajstić information content (AvgIpc) is 2.77. The highest BCUT2D eigenvalue weighted by atomic mass is 35.5. The van der Waals surface area contributed by atoms with Gasteiger partial charge in [0.25, 0.3) is 0 Å². The zero-order valence-corrected chi connectivity index (χ0v) is 10.1. The molecule has 2 heterocycles. The molecule has 0 bridgehead atoms. The van der Waals surface area contributed by atoms with Crippen molar-refractivity contribution in [2.45, 2.75) is 12.5 Å². The van der Waals surface area contributed by atoms with E-state index in [1.165, 1.54) is 7.11 Å². The van der Waals surface area contributed by atoms with Crippen molar-refractivity contribution in [3.63, 3.8) is 0 Å². The molecule has 1 fully saturated rings. The minimum Gasteiger partial charge on any atom is -0.453 e. The van der Waals surface area contributed by atoms with E-state index in [1.54, 1.807) is 12.3 Å². The molecule has 6 nitrogen and oxygen atoms in total. The number of hydrogen-bond acceptors (Lipinski definition) is 5. The Morgan fingerprint density at radius 3 is 3.24 bits per heavy atom. The van der Waals surface area contributed by atoms with Gasteiger partial charge in [0.05, 0.1) is 13.2 Å². The van der Waals surface area contributed by atoms with Gasteiger partial charge in [-0.3, -0.25) is 0 Å². The number of rotatable bonds is 2. The largest absolute Gasteiger partial charge is 0.453 e. The summed E-state index contributed by atoms with van der Waals surface area (Å²) >= 11 is 5.73. The van der Waals surface area contributed by atoms with Crippen LogP contribution in [0.15, 0.2) is 12.3 Å². The van der Waals surface area contributed by atoms with Gasteiger partial charge in [0, 0.05) is 19.3 Å². The van der Waals surface area contributed by atoms with Gasteiger partial charge in [0.15, 0.2) is 0 Å². The number of nitrogens with one attached hydrogen (secondary N) is 1. The molecule has 1 atom stereocenters. The van der Waals surface area contributed by atoms with Crippen LogP contribution in [-0.4, -0.2) is 42.3 Å². The summed E-state index contributed by atoms with van der Waals surface area (Å²) in [6.07, 6.45) is 2.07. The van der Waals surface area contributed by atoms with Gasteiger partial charge in [-0.25, -0.2) is 14.8 Å². The lowest BCUT2D eigenvalue weighted by atomic mass is 10.3. The summed E-state index contributed by atoms with van der Waals surface area (Å²) < 4.78 is 4.56. The second-order valence-electron chi connectivity index (χ2n) is 3.75. The van der Waals surface area contributed by atoms with Crippen molar-refractivity contribution in [2.24, 2.45) is 0 Å². The number of halogens is 1. The van der Waals surface area contributed by atoms with Crippen molar-refractivity contribution in [2.75, 3.05) is 25.1 Å². The minimum absolute atomic E-state index is 0.0798. The maximum Gasteiger partial charge on any atom is 0.407 e. The lowest BCUT2D eigenvalue weighted by Crippen LogP contribution is -2.37. The van der Waals surface area contributed by atoms with Crippen molar-refractivity contribution >= 4 is 23.5 Å². The maximum atomic E-state index is 11.1. The molecule has 17 heavy (non-hydrogen) atoms. The van der Waals surface area contributed by atoms with Gasteiger partial charge in [0.1, 0.15) is 5.82 Å². The van der Waals surface area contributed by atoms with E-state index >= 15 is 0 Å². The van der Waals surface area contributed by atoms with Gasteiger partial charge in [-0.05, 0) is 24.1 Å². The summed E-state index contributed by atoms with van der Waals surface area (Å²) in [7, 11) is 1.35. The zero-order valence-electron chi connectivity index (χ0n) is 9.39. The third kappa shape index (κ3) is 2.97. The van der Waals surface area contributed by atoms with Crippen molar-refractivity contribution in [3.05, 3.63) is 17.5 Å². The normalized spacial score (nSPS) is 19.2. The third-order valence-corrected chi connectivity index (χ3v) is 2.81. The van der Waals surface area contributed by atoms with E-state index in [0.29, 0.717) is 6.54 Å². The van der Waals surface area contributed by atoms with E-state index in [-0.39, 0.29) is 11.3 Å². The Bertz CT molecular complexity index is 415. The lowest BCUT2D eigenvalue weighted by molar-refractivity contribution is 0.167. The Hall–Kier alpha value is -1.56. The quantitative estimate of drug-likeness (QED) is 0.802. The molecule has 1 saturated heterocycles. The Labute approximate surface area is 104 Å². The summed E-state index contributed by atoms with van der Waals surface area (Å²) in [6.45, 7) is 1.52. The molecule has 1 aliphatic heterocycles. The molecule has 0 aliphatic carbocycles. The SMILES string of the molecule is COC(=O)NC1CCN(c2ccnc(Cl)n2)C1. The number of anilines is 1. The van der Waals surface area contributed by atoms with Crippen molar-refractivity contribution in [3.8, 4) is 0 Å². The maximum absolute atomic E-state index is 11.1. The molecule has 1 aromatic heterocycles. The number of alkyl carbamates (subject to hydrolysis) is 1. The molecule has 1 aliphatic rings. The first-order valence-electron chi connectivity index (χ1n) is 5.27. The first-order chi connectivity index (χ1) is 8.19. The van der Waals surface area contributed by atoms with E-state index < -0.39 is 6.09 Å². The molecule has 7 heteroatoms. The molecule has 0 radical (unpaired) electrons. The molecule has 1 amide bonds. The molecular formula is C10H13ClN4O2. The van der Waals surface area contributed by atoms with Crippen molar-refractivity contribution < 1.29 is 9.53 Å². The number of hydrogen-bond donors (Lipinski definition) is 1. The topological polar surface area (TPSA) is 67.3 Å². The van der Waals surface area contributed by atoms with Crippen LogP contribution < -0.4 is 10.2 Å². The van der Waals surface area contributed by atoms with Crippen molar-refractivity contribution in [1.82, 2.24) is 15.3 Å². The fourth-order valence-electron chi connectivity index (χ4n) is 1.81. The molecule has 0 saturated carbocycles. The number of carbonyl (C=O) groups is 1. The van der Waals surface area contributed by atoms with E-state index in [2.05, 4.69) is 20.0 Å². The van der Waals surface area contributed by atoms with Gasteiger partial charge in [-0.15, -0.1) is 0 Å². The lowest BCUT2D eigenvalue weighted by Gasteiger charge is -2.17. The van der Waals surface area contributed by atoms with Crippen LogP contribution in [0.4, 0.5) is 10.6 Å². The van der Waals surface area contributed by atoms with Gasteiger partial charge in [-0.2, -0.15) is 0 Å². The first-order valence-corrected chi connectivity index (χ1v) is 5.65. The Morgan fingerprint density at radius 1 is 1.71 bits per heavy atom. The number of ether oxygens (including phenoxy) is 1. The van der Waals surface area contributed by atoms with Gasteiger partial charge in [0.2, 0.25) is 5.28 Å². The summed E-state index contributed by atoms with van der Waals surface area (Å²) in [6, 6.07) is 1.88. The second-order valence-corrected chi connectivity index (χ2v) is 4.09. The average molecular weight is 257 g/mol. The zero-order chi connectivity index (χ0) is 12.3. The molecule has 0 aromatic carbocycles. The Balaban J connectivity index is 1.96. The highest BCUT2D eigenvalue weighted by Crippen LogP contribution is 2.18. The number of methoxy groups -OCH3 is 1. The highest BCUT2D eigenvalue weighted by molar-refractivity contribution is 6.28. The summed E-state index contributed by atoms with van der Waals surface area (Å²) in [4.78, 5) is 21.1. The molecule has 2 rings (SSSR count). The molecule has 92 valence electrons. The number of carbonyl (C=O) groups excluding carboxylic acids is 1. The van der Waals surface area contributed by atoms with Gasteiger partial charge >= 0.3 is 6.09 Å². The fourth-order valence-corrected chi connectivity index (χ4v) is 1.96. The van der Waals surface area contributed by atoms with E-state index in [0.717, 1.165) is 18.8 Å². The Morgan fingerprint density at radius 2 is 2.53 bits per heavy atom. The van der Waals surface area contributed by atoms with Crippen LogP contribution in [0.2, 0.25) is 5.28 Å². The number of aromatic nitrogens is 2. The Kier molecular flexibility index (Phi) is 3.63. The number of nitrogens with zero attached hydrogens (tertiary/aromatic N) is 3. The van der Waals surface area contributed by atoms with Crippen LogP contribution >= 0.6 is 11.6 Å². The molecule has 1 aromatic rings. The van der Waals surface area contributed by atoms with Crippen molar-refractivity contribution in [1.29, 1.82) is 0 Å². The molecule has 1 unspecified atom stereocenters. The summed E-state index contributed by atoms with van der Waals surface area (Å²) in [5, 5.41) is 2.99. The molecule has 0 spiro atoms. The van der Waals surface area contributed by atoms with Crippen LogP contribution in [-0.2, 0) is 4.74 Å². The van der Waals surface area contributed by atoms with E-state index in [9.17, 15) is 4.79 Å².